The number of sulfonamides is 1. The summed E-state index contributed by atoms with van der Waals surface area (Å²) >= 11 is 0. The predicted octanol–water partition coefficient (Wildman–Crippen LogP) is 1.29. The summed E-state index contributed by atoms with van der Waals surface area (Å²) in [5.74, 6) is 0.292. The first kappa shape index (κ1) is 16.5. The second-order valence-corrected chi connectivity index (χ2v) is 7.76. The number of aryl methyl sites for hydroxylation is 2. The fourth-order valence-electron chi connectivity index (χ4n) is 2.72. The van der Waals surface area contributed by atoms with Gasteiger partial charge in [0.15, 0.2) is 0 Å². The molecule has 1 aliphatic heterocycles. The summed E-state index contributed by atoms with van der Waals surface area (Å²) in [7, 11) is -3.65. The Morgan fingerprint density at radius 3 is 2.67 bits per heavy atom. The summed E-state index contributed by atoms with van der Waals surface area (Å²) in [5, 5.41) is 13.1. The quantitative estimate of drug-likeness (QED) is 0.829. The SMILES string of the molecule is Cc1nc(C)n(C2CN(S(=O)(=O)Cc3cc(C#N)ccc3F)C2)n1. The lowest BCUT2D eigenvalue weighted by molar-refractivity contribution is 0.187. The molecule has 0 N–H and O–H groups in total. The van der Waals surface area contributed by atoms with Gasteiger partial charge in [0.25, 0.3) is 0 Å². The monoisotopic (exact) mass is 349 g/mol. The van der Waals surface area contributed by atoms with E-state index in [1.54, 1.807) is 11.6 Å². The number of rotatable bonds is 4. The number of aromatic nitrogens is 3. The van der Waals surface area contributed by atoms with Gasteiger partial charge in [0.05, 0.1) is 23.4 Å². The molecule has 9 heteroatoms. The smallest absolute Gasteiger partial charge is 0.218 e. The third kappa shape index (κ3) is 3.02. The summed E-state index contributed by atoms with van der Waals surface area (Å²) in [6.07, 6.45) is 0. The molecule has 0 atom stereocenters. The zero-order valence-electron chi connectivity index (χ0n) is 13.3. The van der Waals surface area contributed by atoms with E-state index in [1.807, 2.05) is 13.0 Å². The summed E-state index contributed by atoms with van der Waals surface area (Å²) in [4.78, 5) is 4.20. The Hall–Kier alpha value is -2.31. The Kier molecular flexibility index (Phi) is 4.11. The average Bonchev–Trinajstić information content (AvgIpc) is 2.78. The van der Waals surface area contributed by atoms with Crippen molar-refractivity contribution < 1.29 is 12.8 Å². The Balaban J connectivity index is 1.72. The van der Waals surface area contributed by atoms with Gasteiger partial charge in [-0.25, -0.2) is 22.5 Å². The number of nitriles is 1. The van der Waals surface area contributed by atoms with E-state index in [9.17, 15) is 12.8 Å². The maximum absolute atomic E-state index is 13.8. The molecule has 0 saturated carbocycles. The molecule has 1 aliphatic rings. The molecule has 0 radical (unpaired) electrons. The highest BCUT2D eigenvalue weighted by atomic mass is 32.2. The fourth-order valence-corrected chi connectivity index (χ4v) is 4.32. The van der Waals surface area contributed by atoms with Gasteiger partial charge in [0.1, 0.15) is 17.5 Å². The lowest BCUT2D eigenvalue weighted by Crippen LogP contribution is -2.51. The van der Waals surface area contributed by atoms with Crippen molar-refractivity contribution in [3.8, 4) is 6.07 Å². The molecule has 1 saturated heterocycles. The molecule has 0 aliphatic carbocycles. The van der Waals surface area contributed by atoms with Crippen LogP contribution in [0, 0.1) is 31.0 Å². The molecule has 7 nitrogen and oxygen atoms in total. The van der Waals surface area contributed by atoms with Crippen LogP contribution in [0.2, 0.25) is 0 Å². The molecule has 24 heavy (non-hydrogen) atoms. The van der Waals surface area contributed by atoms with Crippen LogP contribution in [0.1, 0.15) is 28.8 Å². The molecule has 3 rings (SSSR count). The van der Waals surface area contributed by atoms with Crippen LogP contribution in [-0.4, -0.2) is 40.6 Å². The minimum atomic E-state index is -3.65. The van der Waals surface area contributed by atoms with Gasteiger partial charge in [-0.1, -0.05) is 0 Å². The highest BCUT2D eigenvalue weighted by Crippen LogP contribution is 2.27. The minimum absolute atomic E-state index is 0.00489. The van der Waals surface area contributed by atoms with Gasteiger partial charge >= 0.3 is 0 Å². The highest BCUT2D eigenvalue weighted by molar-refractivity contribution is 7.88. The Morgan fingerprint density at radius 2 is 2.08 bits per heavy atom. The van der Waals surface area contributed by atoms with Crippen LogP contribution in [0.5, 0.6) is 0 Å². The van der Waals surface area contributed by atoms with Crippen molar-refractivity contribution in [2.45, 2.75) is 25.6 Å². The van der Waals surface area contributed by atoms with Gasteiger partial charge in [-0.15, -0.1) is 0 Å². The highest BCUT2D eigenvalue weighted by Gasteiger charge is 2.38. The third-order valence-corrected chi connectivity index (χ3v) is 5.75. The van der Waals surface area contributed by atoms with Crippen molar-refractivity contribution >= 4 is 10.0 Å². The van der Waals surface area contributed by atoms with Gasteiger partial charge in [0.2, 0.25) is 10.0 Å². The maximum atomic E-state index is 13.8. The molecular weight excluding hydrogens is 333 g/mol. The molecule has 0 unspecified atom stereocenters. The van der Waals surface area contributed by atoms with Crippen molar-refractivity contribution in [2.24, 2.45) is 0 Å². The second kappa shape index (κ2) is 5.96. The first-order chi connectivity index (χ1) is 11.3. The average molecular weight is 349 g/mol. The van der Waals surface area contributed by atoms with Gasteiger partial charge in [-0.2, -0.15) is 14.7 Å². The second-order valence-electron chi connectivity index (χ2n) is 5.80. The summed E-state index contributed by atoms with van der Waals surface area (Å²) in [6, 6.07) is 5.53. The largest absolute Gasteiger partial charge is 0.244 e. The molecule has 0 bridgehead atoms. The molecule has 2 heterocycles. The van der Waals surface area contributed by atoms with E-state index in [2.05, 4.69) is 10.1 Å². The van der Waals surface area contributed by atoms with E-state index >= 15 is 0 Å². The van der Waals surface area contributed by atoms with E-state index in [-0.39, 0.29) is 30.3 Å². The summed E-state index contributed by atoms with van der Waals surface area (Å²) in [6.45, 7) is 4.17. The van der Waals surface area contributed by atoms with Crippen molar-refractivity contribution in [3.63, 3.8) is 0 Å². The van der Waals surface area contributed by atoms with Crippen LogP contribution in [0.3, 0.4) is 0 Å². The fraction of sp³-hybridized carbons (Fsp3) is 0.400. The van der Waals surface area contributed by atoms with Crippen LogP contribution in [0.15, 0.2) is 18.2 Å². The molecular formula is C15H16FN5O2S. The molecule has 1 aromatic heterocycles. The van der Waals surface area contributed by atoms with Crippen LogP contribution in [0.25, 0.3) is 0 Å². The van der Waals surface area contributed by atoms with E-state index < -0.39 is 21.6 Å². The first-order valence-electron chi connectivity index (χ1n) is 7.36. The number of hydrogen-bond acceptors (Lipinski definition) is 5. The molecule has 1 aromatic carbocycles. The maximum Gasteiger partial charge on any atom is 0.218 e. The van der Waals surface area contributed by atoms with Crippen molar-refractivity contribution in [1.29, 1.82) is 5.26 Å². The van der Waals surface area contributed by atoms with E-state index in [0.29, 0.717) is 5.82 Å². The number of nitrogens with zero attached hydrogens (tertiary/aromatic N) is 5. The topological polar surface area (TPSA) is 91.9 Å². The molecule has 0 spiro atoms. The van der Waals surface area contributed by atoms with Crippen LogP contribution in [-0.2, 0) is 15.8 Å². The summed E-state index contributed by atoms with van der Waals surface area (Å²) in [5.41, 5.74) is 0.238. The molecule has 2 aromatic rings. The van der Waals surface area contributed by atoms with Gasteiger partial charge in [-0.3, -0.25) is 0 Å². The Bertz CT molecular complexity index is 926. The minimum Gasteiger partial charge on any atom is -0.244 e. The van der Waals surface area contributed by atoms with Crippen molar-refractivity contribution in [1.82, 2.24) is 19.1 Å². The third-order valence-electron chi connectivity index (χ3n) is 3.99. The Labute approximate surface area is 139 Å². The zero-order valence-corrected chi connectivity index (χ0v) is 14.1. The number of halogens is 1. The zero-order chi connectivity index (χ0) is 17.5. The number of hydrogen-bond donors (Lipinski definition) is 0. The van der Waals surface area contributed by atoms with Crippen molar-refractivity contribution in [3.05, 3.63) is 46.8 Å². The van der Waals surface area contributed by atoms with Crippen LogP contribution < -0.4 is 0 Å². The van der Waals surface area contributed by atoms with Gasteiger partial charge in [0, 0.05) is 18.7 Å². The lowest BCUT2D eigenvalue weighted by atomic mass is 10.1. The van der Waals surface area contributed by atoms with E-state index in [4.69, 9.17) is 5.26 Å². The molecule has 126 valence electrons. The normalized spacial score (nSPS) is 15.9. The lowest BCUT2D eigenvalue weighted by Gasteiger charge is -2.38. The summed E-state index contributed by atoms with van der Waals surface area (Å²) < 4.78 is 41.7. The first-order valence-corrected chi connectivity index (χ1v) is 8.97. The molecule has 1 fully saturated rings. The van der Waals surface area contributed by atoms with Crippen LogP contribution >= 0.6 is 0 Å². The molecule has 0 amide bonds. The van der Waals surface area contributed by atoms with Gasteiger partial charge < -0.3 is 0 Å². The number of benzene rings is 1. The van der Waals surface area contributed by atoms with E-state index in [0.717, 1.165) is 11.9 Å². The van der Waals surface area contributed by atoms with Crippen LogP contribution in [0.4, 0.5) is 4.39 Å². The standard InChI is InChI=1S/C15H16FN5O2S/c1-10-18-11(2)21(19-10)14-7-20(8-14)24(22,23)9-13-5-12(6-17)3-4-15(13)16/h3-5,14H,7-9H2,1-2H3. The van der Waals surface area contributed by atoms with E-state index in [1.165, 1.54) is 16.4 Å². The van der Waals surface area contributed by atoms with Crippen molar-refractivity contribution in [2.75, 3.05) is 13.1 Å². The Morgan fingerprint density at radius 1 is 1.38 bits per heavy atom. The van der Waals surface area contributed by atoms with Gasteiger partial charge in [-0.05, 0) is 32.0 Å². The predicted molar refractivity (Wildman–Crippen MR) is 83.8 cm³/mol.